The van der Waals surface area contributed by atoms with E-state index < -0.39 is 5.97 Å². The molecule has 196 valence electrons. The van der Waals surface area contributed by atoms with Crippen molar-refractivity contribution in [3.8, 4) is 22.8 Å². The Hall–Kier alpha value is -3.85. The highest BCUT2D eigenvalue weighted by atomic mass is 16.5. The molecule has 0 spiro atoms. The molecule has 1 N–H and O–H groups in total. The van der Waals surface area contributed by atoms with Crippen LogP contribution < -0.4 is 9.47 Å². The van der Waals surface area contributed by atoms with E-state index in [-0.39, 0.29) is 23.3 Å². The van der Waals surface area contributed by atoms with Gasteiger partial charge in [-0.3, -0.25) is 4.79 Å². The van der Waals surface area contributed by atoms with E-state index in [0.717, 1.165) is 52.8 Å². The molecule has 2 aliphatic rings. The summed E-state index contributed by atoms with van der Waals surface area (Å²) in [6.07, 6.45) is 4.26. The summed E-state index contributed by atoms with van der Waals surface area (Å²) in [4.78, 5) is 19.5. The average Bonchev–Trinajstić information content (AvgIpc) is 3.48. The fourth-order valence-electron chi connectivity index (χ4n) is 5.87. The van der Waals surface area contributed by atoms with Gasteiger partial charge in [0.25, 0.3) is 0 Å². The van der Waals surface area contributed by atoms with Gasteiger partial charge in [-0.1, -0.05) is 18.2 Å². The predicted molar refractivity (Wildman–Crippen MR) is 146 cm³/mol. The van der Waals surface area contributed by atoms with Gasteiger partial charge in [0.1, 0.15) is 12.4 Å². The van der Waals surface area contributed by atoms with Crippen molar-refractivity contribution in [3.05, 3.63) is 87.9 Å². The summed E-state index contributed by atoms with van der Waals surface area (Å²) in [5.41, 5.74) is 7.58. The quantitative estimate of drug-likeness (QED) is 0.241. The molecule has 38 heavy (non-hydrogen) atoms. The van der Waals surface area contributed by atoms with Gasteiger partial charge in [0, 0.05) is 38.4 Å². The van der Waals surface area contributed by atoms with Crippen LogP contribution in [-0.2, 0) is 17.8 Å². The highest BCUT2D eigenvalue weighted by Gasteiger charge is 2.59. The SMILES string of the molecule is [C-]#[N+]C(C)(C)CCCOc1cc(C)c(-c2cccc(COc3cc4c(cn3)C3[C@@H](C4)[C@@H]3C(=O)O)c2)c(C)c1. The first-order valence-corrected chi connectivity index (χ1v) is 13.2. The van der Waals surface area contributed by atoms with E-state index in [4.69, 9.17) is 16.0 Å². The zero-order valence-electron chi connectivity index (χ0n) is 22.5. The Morgan fingerprint density at radius 3 is 2.63 bits per heavy atom. The first-order valence-electron chi connectivity index (χ1n) is 13.2. The molecule has 1 fully saturated rings. The number of aliphatic carboxylic acids is 1. The first-order chi connectivity index (χ1) is 18.2. The summed E-state index contributed by atoms with van der Waals surface area (Å²) in [5.74, 6) is 0.844. The minimum absolute atomic E-state index is 0.126. The molecule has 6 nitrogen and oxygen atoms in total. The molecule has 3 aromatic rings. The molecule has 0 radical (unpaired) electrons. The van der Waals surface area contributed by atoms with Crippen molar-refractivity contribution in [2.24, 2.45) is 11.8 Å². The zero-order chi connectivity index (χ0) is 27.0. The number of carboxylic acid groups (broad SMARTS) is 1. The fourth-order valence-corrected chi connectivity index (χ4v) is 5.87. The van der Waals surface area contributed by atoms with Gasteiger partial charge in [0.15, 0.2) is 0 Å². The molecule has 2 aliphatic carbocycles. The van der Waals surface area contributed by atoms with Crippen molar-refractivity contribution < 1.29 is 19.4 Å². The van der Waals surface area contributed by atoms with Gasteiger partial charge in [-0.2, -0.15) is 0 Å². The third kappa shape index (κ3) is 5.24. The molecule has 2 aromatic carbocycles. The van der Waals surface area contributed by atoms with Crippen molar-refractivity contribution in [2.45, 2.75) is 65.0 Å². The average molecular weight is 511 g/mol. The number of hydrogen-bond acceptors (Lipinski definition) is 4. The van der Waals surface area contributed by atoms with E-state index in [1.54, 1.807) is 6.20 Å². The summed E-state index contributed by atoms with van der Waals surface area (Å²) in [7, 11) is 0. The Kier molecular flexibility index (Phi) is 6.88. The number of aromatic nitrogens is 1. The van der Waals surface area contributed by atoms with Crippen molar-refractivity contribution in [1.29, 1.82) is 0 Å². The number of aryl methyl sites for hydroxylation is 2. The minimum atomic E-state index is -0.699. The number of rotatable bonds is 10. The standard InChI is InChI=1S/C32H34N2O4/c1-19-12-24(37-11-7-10-32(3,4)33-5)13-20(2)28(19)22-9-6-8-21(14-22)18-38-27-16-23-15-25-29(26(23)17-34-27)30(25)31(35)36/h6,8-9,12-14,16-17,25,29-30H,7,10-11,15,18H2,1-4H3,(H,35,36)/t25-,29?,30+/m1/s1. The number of ether oxygens (including phenoxy) is 2. The Morgan fingerprint density at radius 1 is 1.16 bits per heavy atom. The normalized spacial score (nSPS) is 19.3. The molecule has 1 unspecified atom stereocenters. The Bertz CT molecular complexity index is 1400. The molecular weight excluding hydrogens is 476 g/mol. The van der Waals surface area contributed by atoms with Gasteiger partial charge < -0.3 is 19.4 Å². The lowest BCUT2D eigenvalue weighted by Crippen LogP contribution is -2.15. The number of pyridine rings is 1. The van der Waals surface area contributed by atoms with E-state index in [0.29, 0.717) is 19.1 Å². The molecule has 1 saturated carbocycles. The highest BCUT2D eigenvalue weighted by Crippen LogP contribution is 2.61. The van der Waals surface area contributed by atoms with Gasteiger partial charge in [0.05, 0.1) is 12.5 Å². The molecule has 6 heteroatoms. The van der Waals surface area contributed by atoms with E-state index in [9.17, 15) is 9.90 Å². The van der Waals surface area contributed by atoms with Crippen LogP contribution in [0.5, 0.6) is 11.6 Å². The van der Waals surface area contributed by atoms with E-state index in [1.165, 1.54) is 11.1 Å². The van der Waals surface area contributed by atoms with Gasteiger partial charge in [0.2, 0.25) is 11.4 Å². The lowest BCUT2D eigenvalue weighted by atomic mass is 9.94. The number of carboxylic acids is 1. The molecule has 1 heterocycles. The Balaban J connectivity index is 1.22. The summed E-state index contributed by atoms with van der Waals surface area (Å²) >= 11 is 0. The topological polar surface area (TPSA) is 73.0 Å². The fraction of sp³-hybridized carbons (Fsp3) is 0.406. The molecule has 0 bridgehead atoms. The number of hydrogen-bond donors (Lipinski definition) is 1. The number of benzene rings is 2. The summed E-state index contributed by atoms with van der Waals surface area (Å²) < 4.78 is 12.0. The second kappa shape index (κ2) is 10.1. The van der Waals surface area contributed by atoms with Crippen LogP contribution >= 0.6 is 0 Å². The van der Waals surface area contributed by atoms with Gasteiger partial charge >= 0.3 is 5.97 Å². The van der Waals surface area contributed by atoms with E-state index in [1.807, 2.05) is 26.0 Å². The maximum atomic E-state index is 11.3. The second-order valence-corrected chi connectivity index (χ2v) is 11.3. The number of fused-ring (bicyclic) bond motifs is 3. The van der Waals surface area contributed by atoms with Crippen LogP contribution in [0.15, 0.2) is 48.7 Å². The third-order valence-electron chi connectivity index (χ3n) is 7.88. The lowest BCUT2D eigenvalue weighted by Gasteiger charge is -2.16. The van der Waals surface area contributed by atoms with Crippen molar-refractivity contribution in [3.63, 3.8) is 0 Å². The molecule has 1 aromatic heterocycles. The molecule has 0 saturated heterocycles. The summed E-state index contributed by atoms with van der Waals surface area (Å²) in [6.45, 7) is 16.4. The highest BCUT2D eigenvalue weighted by molar-refractivity contribution is 5.77. The molecular formula is C32H34N2O4. The van der Waals surface area contributed by atoms with Crippen LogP contribution in [-0.4, -0.2) is 28.2 Å². The maximum absolute atomic E-state index is 11.3. The van der Waals surface area contributed by atoms with E-state index >= 15 is 0 Å². The summed E-state index contributed by atoms with van der Waals surface area (Å²) in [6, 6.07) is 14.5. The van der Waals surface area contributed by atoms with Gasteiger partial charge in [-0.05, 0) is 89.8 Å². The van der Waals surface area contributed by atoms with E-state index in [2.05, 4.69) is 54.0 Å². The second-order valence-electron chi connectivity index (χ2n) is 11.3. The number of carbonyl (C=O) groups is 1. The monoisotopic (exact) mass is 510 g/mol. The van der Waals surface area contributed by atoms with Crippen molar-refractivity contribution in [2.75, 3.05) is 6.61 Å². The Morgan fingerprint density at radius 2 is 1.92 bits per heavy atom. The van der Waals surface area contributed by atoms with Crippen LogP contribution in [0.4, 0.5) is 0 Å². The molecule has 0 aliphatic heterocycles. The lowest BCUT2D eigenvalue weighted by molar-refractivity contribution is -0.139. The van der Waals surface area contributed by atoms with Crippen LogP contribution in [0.1, 0.15) is 60.4 Å². The largest absolute Gasteiger partial charge is 0.494 e. The first kappa shape index (κ1) is 25.8. The van der Waals surface area contributed by atoms with Crippen molar-refractivity contribution >= 4 is 5.97 Å². The Labute approximate surface area is 224 Å². The molecule has 5 rings (SSSR count). The molecule has 0 amide bonds. The smallest absolute Gasteiger partial charge is 0.307 e. The van der Waals surface area contributed by atoms with Crippen LogP contribution in [0.2, 0.25) is 0 Å². The van der Waals surface area contributed by atoms with Crippen molar-refractivity contribution in [1.82, 2.24) is 4.98 Å². The zero-order valence-corrected chi connectivity index (χ0v) is 22.5. The summed E-state index contributed by atoms with van der Waals surface area (Å²) in [5, 5.41) is 9.32. The third-order valence-corrected chi connectivity index (χ3v) is 7.88. The maximum Gasteiger partial charge on any atom is 0.307 e. The van der Waals surface area contributed by atoms with Gasteiger partial charge in [-0.25, -0.2) is 11.6 Å². The molecule has 3 atom stereocenters. The van der Waals surface area contributed by atoms with Crippen LogP contribution in [0.3, 0.4) is 0 Å². The van der Waals surface area contributed by atoms with Crippen LogP contribution in [0, 0.1) is 32.3 Å². The van der Waals surface area contributed by atoms with Gasteiger partial charge in [-0.15, -0.1) is 0 Å². The van der Waals surface area contributed by atoms with Crippen LogP contribution in [0.25, 0.3) is 16.0 Å². The number of nitrogens with zero attached hydrogens (tertiary/aromatic N) is 2. The predicted octanol–water partition coefficient (Wildman–Crippen LogP) is 6.77. The minimum Gasteiger partial charge on any atom is -0.494 e.